The van der Waals surface area contributed by atoms with Crippen LogP contribution >= 0.6 is 30.8 Å². The van der Waals surface area contributed by atoms with Crippen LogP contribution < -0.4 is 11.1 Å². The minimum absolute atomic E-state index is 0.136. The number of rotatable bonds is 14. The van der Waals surface area contributed by atoms with E-state index in [2.05, 4.69) is 54.5 Å². The van der Waals surface area contributed by atoms with Gasteiger partial charge in [0.05, 0.1) is 0 Å². The van der Waals surface area contributed by atoms with Gasteiger partial charge >= 0.3 is 0 Å². The highest BCUT2D eigenvalue weighted by molar-refractivity contribution is 7.99. The van der Waals surface area contributed by atoms with E-state index in [1.807, 2.05) is 42.5 Å². The second kappa shape index (κ2) is 13.8. The van der Waals surface area contributed by atoms with Crippen molar-refractivity contribution >= 4 is 30.8 Å². The molecule has 0 unspecified atom stereocenters. The van der Waals surface area contributed by atoms with Gasteiger partial charge in [-0.05, 0) is 29.8 Å². The van der Waals surface area contributed by atoms with Crippen molar-refractivity contribution in [3.8, 4) is 0 Å². The SMILES string of the molecule is CCN(CC)P(=O)([C@@H](N)[C@@H](CSc1ccc(Cl)cc1)NCc1ccccc1)N(CC)CC. The van der Waals surface area contributed by atoms with Crippen LogP contribution in [0.4, 0.5) is 0 Å². The number of nitrogens with one attached hydrogen (secondary N) is 1. The van der Waals surface area contributed by atoms with Crippen LogP contribution in [-0.2, 0) is 11.1 Å². The Balaban J connectivity index is 2.31. The van der Waals surface area contributed by atoms with Gasteiger partial charge in [-0.25, -0.2) is 9.34 Å². The van der Waals surface area contributed by atoms with Crippen LogP contribution in [-0.4, -0.2) is 53.1 Å². The van der Waals surface area contributed by atoms with Crippen molar-refractivity contribution in [3.63, 3.8) is 0 Å². The molecule has 32 heavy (non-hydrogen) atoms. The smallest absolute Gasteiger partial charge is 0.234 e. The van der Waals surface area contributed by atoms with Crippen molar-refractivity contribution in [2.45, 2.75) is 51.0 Å². The second-order valence-corrected chi connectivity index (χ2v) is 12.0. The van der Waals surface area contributed by atoms with Gasteiger partial charge in [0.1, 0.15) is 5.78 Å². The molecule has 2 aromatic carbocycles. The third-order valence-corrected chi connectivity index (χ3v) is 11.0. The molecular weight excluding hydrogens is 459 g/mol. The lowest BCUT2D eigenvalue weighted by Crippen LogP contribution is -2.52. The van der Waals surface area contributed by atoms with Gasteiger partial charge < -0.3 is 11.1 Å². The summed E-state index contributed by atoms with van der Waals surface area (Å²) in [5, 5.41) is 4.35. The highest BCUT2D eigenvalue weighted by Crippen LogP contribution is 2.56. The molecule has 5 nitrogen and oxygen atoms in total. The topological polar surface area (TPSA) is 61.6 Å². The average molecular weight is 497 g/mol. The van der Waals surface area contributed by atoms with Crippen LogP contribution in [0.25, 0.3) is 0 Å². The van der Waals surface area contributed by atoms with Gasteiger partial charge in [-0.2, -0.15) is 0 Å². The lowest BCUT2D eigenvalue weighted by Gasteiger charge is -2.43. The zero-order chi connectivity index (χ0) is 23.6. The Hall–Kier alpha value is -0.850. The van der Waals surface area contributed by atoms with Gasteiger partial charge in [-0.1, -0.05) is 69.6 Å². The first kappa shape index (κ1) is 27.4. The van der Waals surface area contributed by atoms with Gasteiger partial charge in [0.2, 0.25) is 7.44 Å². The fourth-order valence-corrected chi connectivity index (χ4v) is 8.60. The van der Waals surface area contributed by atoms with E-state index >= 15 is 0 Å². The zero-order valence-corrected chi connectivity index (χ0v) is 22.2. The summed E-state index contributed by atoms with van der Waals surface area (Å²) < 4.78 is 18.7. The number of hydrogen-bond donors (Lipinski definition) is 2. The summed E-state index contributed by atoms with van der Waals surface area (Å²) in [5.41, 5.74) is 8.09. The molecule has 0 saturated heterocycles. The van der Waals surface area contributed by atoms with Gasteiger partial charge in [-0.15, -0.1) is 11.8 Å². The fourth-order valence-electron chi connectivity index (χ4n) is 3.89. The summed E-state index contributed by atoms with van der Waals surface area (Å²) in [6, 6.07) is 18.0. The quantitative estimate of drug-likeness (QED) is 0.256. The molecule has 178 valence electrons. The number of hydrogen-bond acceptors (Lipinski definition) is 4. The van der Waals surface area contributed by atoms with Crippen LogP contribution in [0.1, 0.15) is 33.3 Å². The maximum atomic E-state index is 14.6. The Bertz CT molecular complexity index is 816. The zero-order valence-electron chi connectivity index (χ0n) is 19.7. The number of halogens is 1. The van der Waals surface area contributed by atoms with Crippen molar-refractivity contribution in [1.82, 2.24) is 14.7 Å². The fraction of sp³-hybridized carbons (Fsp3) is 0.500. The van der Waals surface area contributed by atoms with E-state index in [-0.39, 0.29) is 6.04 Å². The van der Waals surface area contributed by atoms with Gasteiger partial charge in [-0.3, -0.25) is 4.57 Å². The number of nitrogens with two attached hydrogens (primary N) is 1. The van der Waals surface area contributed by atoms with Crippen LogP contribution in [0.5, 0.6) is 0 Å². The van der Waals surface area contributed by atoms with Crippen molar-refractivity contribution in [1.29, 1.82) is 0 Å². The number of benzene rings is 2. The normalized spacial score (nSPS) is 14.1. The van der Waals surface area contributed by atoms with Crippen molar-refractivity contribution in [2.75, 3.05) is 31.9 Å². The molecule has 2 aromatic rings. The summed E-state index contributed by atoms with van der Waals surface area (Å²) in [7, 11) is -2.99. The highest BCUT2D eigenvalue weighted by atomic mass is 35.5. The second-order valence-electron chi connectivity index (χ2n) is 7.60. The van der Waals surface area contributed by atoms with Crippen LogP contribution in [0.2, 0.25) is 5.02 Å². The third kappa shape index (κ3) is 7.07. The predicted octanol–water partition coefficient (Wildman–Crippen LogP) is 5.75. The van der Waals surface area contributed by atoms with E-state index in [4.69, 9.17) is 17.3 Å². The maximum absolute atomic E-state index is 14.6. The van der Waals surface area contributed by atoms with E-state index in [1.54, 1.807) is 11.8 Å². The standard InChI is InChI=1S/C24H38ClN4OPS/c1-5-28(6-2)31(30,29(7-3)8-4)24(26)23(27-18-20-12-10-9-11-13-20)19-32-22-16-14-21(25)15-17-22/h9-17,23-24,27H,5-8,18-19,26H2,1-4H3/t23-,24-/m1/s1. The number of thioether (sulfide) groups is 1. The predicted molar refractivity (Wildman–Crippen MR) is 141 cm³/mol. The Labute approximate surface area is 203 Å². The van der Waals surface area contributed by atoms with Gasteiger partial charge in [0.25, 0.3) is 0 Å². The number of nitrogens with zero attached hydrogens (tertiary/aromatic N) is 2. The van der Waals surface area contributed by atoms with E-state index < -0.39 is 13.2 Å². The summed E-state index contributed by atoms with van der Waals surface area (Å²) in [5.74, 6) is 0.188. The monoisotopic (exact) mass is 496 g/mol. The van der Waals surface area contributed by atoms with Gasteiger partial charge in [0, 0.05) is 54.4 Å². The van der Waals surface area contributed by atoms with Crippen LogP contribution in [0.15, 0.2) is 59.5 Å². The molecular formula is C24H38ClN4OPS. The largest absolute Gasteiger partial charge is 0.318 e. The molecule has 8 heteroatoms. The molecule has 0 spiro atoms. The van der Waals surface area contributed by atoms with Crippen molar-refractivity contribution in [3.05, 3.63) is 65.2 Å². The van der Waals surface area contributed by atoms with E-state index in [9.17, 15) is 4.57 Å². The molecule has 0 bridgehead atoms. The maximum Gasteiger partial charge on any atom is 0.234 e. The highest BCUT2D eigenvalue weighted by Gasteiger charge is 2.43. The Morgan fingerprint density at radius 2 is 1.47 bits per heavy atom. The van der Waals surface area contributed by atoms with E-state index in [0.29, 0.717) is 38.5 Å². The van der Waals surface area contributed by atoms with E-state index in [1.165, 1.54) is 5.56 Å². The molecule has 0 saturated carbocycles. The molecule has 3 N–H and O–H groups in total. The molecule has 0 aliphatic heterocycles. The third-order valence-electron chi connectivity index (χ3n) is 5.73. The minimum Gasteiger partial charge on any atom is -0.318 e. The first-order chi connectivity index (χ1) is 15.4. The Morgan fingerprint density at radius 1 is 0.938 bits per heavy atom. The van der Waals surface area contributed by atoms with Gasteiger partial charge in [0.15, 0.2) is 0 Å². The molecule has 0 aliphatic carbocycles. The van der Waals surface area contributed by atoms with Crippen LogP contribution in [0.3, 0.4) is 0 Å². The van der Waals surface area contributed by atoms with Crippen LogP contribution in [0, 0.1) is 0 Å². The first-order valence-electron chi connectivity index (χ1n) is 11.4. The minimum atomic E-state index is -2.99. The summed E-state index contributed by atoms with van der Waals surface area (Å²) in [6.45, 7) is 11.7. The summed E-state index contributed by atoms with van der Waals surface area (Å²) in [4.78, 5) is 1.12. The van der Waals surface area contributed by atoms with E-state index in [0.717, 1.165) is 9.92 Å². The molecule has 0 amide bonds. The molecule has 0 aromatic heterocycles. The molecule has 0 fully saturated rings. The van der Waals surface area contributed by atoms with Crippen molar-refractivity contribution < 1.29 is 4.57 Å². The lowest BCUT2D eigenvalue weighted by atomic mass is 10.2. The molecule has 2 atom stereocenters. The molecule has 0 radical (unpaired) electrons. The average Bonchev–Trinajstić information content (AvgIpc) is 2.82. The first-order valence-corrected chi connectivity index (χ1v) is 14.5. The summed E-state index contributed by atoms with van der Waals surface area (Å²) >= 11 is 7.76. The molecule has 0 heterocycles. The Kier molecular flexibility index (Phi) is 11.8. The van der Waals surface area contributed by atoms with Crippen molar-refractivity contribution in [2.24, 2.45) is 5.73 Å². The molecule has 0 aliphatic rings. The Morgan fingerprint density at radius 3 is 1.97 bits per heavy atom. The lowest BCUT2D eigenvalue weighted by molar-refractivity contribution is 0.338. The summed E-state index contributed by atoms with van der Waals surface area (Å²) in [6.07, 6.45) is 0. The molecule has 2 rings (SSSR count).